The molecule has 26 heavy (non-hydrogen) atoms. The van der Waals surface area contributed by atoms with Gasteiger partial charge in [0.25, 0.3) is 0 Å². The molecule has 0 spiro atoms. The number of allylic oxidation sites excluding steroid dienone is 1. The fourth-order valence-corrected chi connectivity index (χ4v) is 1.79. The van der Waals surface area contributed by atoms with Crippen molar-refractivity contribution >= 4 is 23.9 Å². The largest absolute Gasteiger partial charge is 0.464 e. The molecule has 0 atom stereocenters. The van der Waals surface area contributed by atoms with Gasteiger partial charge in [-0.05, 0) is 47.9 Å². The van der Waals surface area contributed by atoms with Crippen molar-refractivity contribution < 1.29 is 24.3 Å². The van der Waals surface area contributed by atoms with Gasteiger partial charge >= 0.3 is 5.97 Å². The van der Waals surface area contributed by atoms with Crippen molar-refractivity contribution in [2.45, 2.75) is 6.92 Å². The Balaban J connectivity index is 1.73. The van der Waals surface area contributed by atoms with Crippen LogP contribution in [0.2, 0.25) is 0 Å². The minimum atomic E-state index is -0.761. The smallest absolute Gasteiger partial charge is 0.368 e. The Bertz CT molecular complexity index is 764. The highest BCUT2D eigenvalue weighted by Gasteiger charge is 1.98. The van der Waals surface area contributed by atoms with E-state index < -0.39 is 5.97 Å². The summed E-state index contributed by atoms with van der Waals surface area (Å²) in [7, 11) is 0. The summed E-state index contributed by atoms with van der Waals surface area (Å²) >= 11 is 0. The van der Waals surface area contributed by atoms with Gasteiger partial charge < -0.3 is 4.74 Å². The number of rotatable bonds is 9. The molecule has 0 amide bonds. The van der Waals surface area contributed by atoms with E-state index in [0.717, 1.165) is 17.3 Å². The lowest BCUT2D eigenvalue weighted by atomic mass is 10.1. The Morgan fingerprint density at radius 3 is 2.54 bits per heavy atom. The zero-order chi connectivity index (χ0) is 18.6. The Kier molecular flexibility index (Phi) is 7.79. The van der Waals surface area contributed by atoms with Gasteiger partial charge in [-0.15, -0.1) is 0 Å². The minimum Gasteiger partial charge on any atom is -0.464 e. The molecular weight excluding hydrogens is 334 g/mol. The Morgan fingerprint density at radius 2 is 1.85 bits per heavy atom. The number of carbonyl (C=O) groups excluding carboxylic acids is 1. The molecule has 6 nitrogen and oxygen atoms in total. The molecule has 0 saturated heterocycles. The summed E-state index contributed by atoms with van der Waals surface area (Å²) in [5, 5.41) is 4.16. The summed E-state index contributed by atoms with van der Waals surface area (Å²) in [5.74, 6) is -0.207. The molecule has 0 aliphatic heterocycles. The quantitative estimate of drug-likeness (QED) is 0.168. The van der Waals surface area contributed by atoms with Crippen LogP contribution in [0.3, 0.4) is 0 Å². The van der Waals surface area contributed by atoms with Crippen LogP contribution in [0.1, 0.15) is 11.1 Å². The van der Waals surface area contributed by atoms with Gasteiger partial charge in [-0.3, -0.25) is 9.88 Å². The summed E-state index contributed by atoms with van der Waals surface area (Å²) in [6.45, 7) is 5.01. The molecule has 0 radical (unpaired) electrons. The van der Waals surface area contributed by atoms with Crippen molar-refractivity contribution in [2.24, 2.45) is 4.99 Å². The molecule has 6 heteroatoms. The van der Waals surface area contributed by atoms with Crippen LogP contribution >= 0.6 is 0 Å². The molecule has 0 unspecified atom stereocenters. The summed E-state index contributed by atoms with van der Waals surface area (Å²) in [4.78, 5) is 23.7. The standard InChI is InChI=1S/C20H19NO5/c1-3-20(22)25-26-24-15-23-19-12-10-18(11-13-19)21-14-4-5-17-8-6-16(2)7-9-17/h3-14H,1,15H2,2H3/b5-4+,21-14?. The maximum atomic E-state index is 10.7. The van der Waals surface area contributed by atoms with E-state index in [1.54, 1.807) is 30.5 Å². The molecule has 2 aromatic carbocycles. The highest BCUT2D eigenvalue weighted by atomic mass is 17.5. The zero-order valence-corrected chi connectivity index (χ0v) is 14.3. The number of aryl methyl sites for hydroxylation is 1. The second kappa shape index (κ2) is 10.6. The molecule has 0 heterocycles. The third-order valence-corrected chi connectivity index (χ3v) is 3.12. The van der Waals surface area contributed by atoms with Crippen LogP contribution in [0.25, 0.3) is 6.08 Å². The van der Waals surface area contributed by atoms with Gasteiger partial charge in [0.05, 0.1) is 5.69 Å². The molecule has 0 N–H and O–H groups in total. The Labute approximate surface area is 151 Å². The van der Waals surface area contributed by atoms with Crippen molar-refractivity contribution in [1.29, 1.82) is 0 Å². The van der Waals surface area contributed by atoms with Crippen LogP contribution in [0, 0.1) is 6.92 Å². The number of ether oxygens (including phenoxy) is 1. The number of aliphatic imine (C=N–C) groups is 1. The van der Waals surface area contributed by atoms with Gasteiger partial charge in [0.2, 0.25) is 6.79 Å². The van der Waals surface area contributed by atoms with Crippen LogP contribution in [0.15, 0.2) is 72.3 Å². The molecule has 0 fully saturated rings. The fourth-order valence-electron chi connectivity index (χ4n) is 1.79. The lowest BCUT2D eigenvalue weighted by molar-refractivity contribution is -0.497. The van der Waals surface area contributed by atoms with E-state index in [0.29, 0.717) is 5.75 Å². The summed E-state index contributed by atoms with van der Waals surface area (Å²) in [6.07, 6.45) is 6.53. The minimum absolute atomic E-state index is 0.244. The third kappa shape index (κ3) is 7.12. The summed E-state index contributed by atoms with van der Waals surface area (Å²) in [6, 6.07) is 15.3. The maximum Gasteiger partial charge on any atom is 0.368 e. The van der Waals surface area contributed by atoms with Gasteiger partial charge in [0.15, 0.2) is 0 Å². The third-order valence-electron chi connectivity index (χ3n) is 3.12. The fraction of sp³-hybridized carbons (Fsp3) is 0.100. The molecule has 0 aliphatic rings. The summed E-state index contributed by atoms with van der Waals surface area (Å²) < 4.78 is 5.24. The lowest BCUT2D eigenvalue weighted by Gasteiger charge is -2.05. The normalized spacial score (nSPS) is 11.0. The predicted octanol–water partition coefficient (Wildman–Crippen LogP) is 4.34. The first-order valence-electron chi connectivity index (χ1n) is 7.80. The number of hydrogen-bond donors (Lipinski definition) is 0. The Hall–Kier alpha value is -3.22. The van der Waals surface area contributed by atoms with E-state index in [-0.39, 0.29) is 6.79 Å². The number of nitrogens with zero attached hydrogens (tertiary/aromatic N) is 1. The van der Waals surface area contributed by atoms with Crippen LogP contribution in [-0.2, 0) is 19.6 Å². The number of hydrogen-bond acceptors (Lipinski definition) is 6. The molecular formula is C20H19NO5. The first kappa shape index (κ1) is 19.1. The van der Waals surface area contributed by atoms with Crippen molar-refractivity contribution in [3.05, 3.63) is 78.4 Å². The summed E-state index contributed by atoms with van der Waals surface area (Å²) in [5.41, 5.74) is 3.13. The molecule has 0 saturated carbocycles. The molecule has 0 aromatic heterocycles. The highest BCUT2D eigenvalue weighted by molar-refractivity contribution is 5.81. The molecule has 2 rings (SSSR count). The van der Waals surface area contributed by atoms with Gasteiger partial charge in [-0.2, -0.15) is 4.89 Å². The molecule has 134 valence electrons. The number of benzene rings is 2. The Morgan fingerprint density at radius 1 is 1.12 bits per heavy atom. The highest BCUT2D eigenvalue weighted by Crippen LogP contribution is 2.17. The zero-order valence-electron chi connectivity index (χ0n) is 14.3. The second-order valence-electron chi connectivity index (χ2n) is 5.10. The monoisotopic (exact) mass is 353 g/mol. The molecule has 2 aromatic rings. The lowest BCUT2D eigenvalue weighted by Crippen LogP contribution is -2.07. The SMILES string of the molecule is C=CC(=O)OOOCOc1ccc(N=C/C=C/c2ccc(C)cc2)cc1. The van der Waals surface area contributed by atoms with Crippen LogP contribution < -0.4 is 4.74 Å². The van der Waals surface area contributed by atoms with E-state index in [2.05, 4.69) is 57.6 Å². The van der Waals surface area contributed by atoms with E-state index in [1.165, 1.54) is 5.56 Å². The van der Waals surface area contributed by atoms with Crippen molar-refractivity contribution in [1.82, 2.24) is 0 Å². The van der Waals surface area contributed by atoms with Crippen LogP contribution in [0.4, 0.5) is 5.69 Å². The van der Waals surface area contributed by atoms with E-state index >= 15 is 0 Å². The van der Waals surface area contributed by atoms with Gasteiger partial charge in [0, 0.05) is 12.3 Å². The van der Waals surface area contributed by atoms with Gasteiger partial charge in [-0.1, -0.05) is 42.5 Å². The first-order chi connectivity index (χ1) is 12.7. The maximum absolute atomic E-state index is 10.7. The van der Waals surface area contributed by atoms with E-state index in [4.69, 9.17) is 4.74 Å². The van der Waals surface area contributed by atoms with Crippen molar-refractivity contribution in [3.63, 3.8) is 0 Å². The topological polar surface area (TPSA) is 66.4 Å². The average Bonchev–Trinajstić information content (AvgIpc) is 2.67. The predicted molar refractivity (Wildman–Crippen MR) is 98.8 cm³/mol. The van der Waals surface area contributed by atoms with Crippen molar-refractivity contribution in [2.75, 3.05) is 6.79 Å². The number of carbonyl (C=O) groups is 1. The second-order valence-corrected chi connectivity index (χ2v) is 5.10. The molecule has 0 bridgehead atoms. The van der Waals surface area contributed by atoms with Crippen molar-refractivity contribution in [3.8, 4) is 5.75 Å². The molecule has 0 aliphatic carbocycles. The van der Waals surface area contributed by atoms with Crippen LogP contribution in [0.5, 0.6) is 5.75 Å². The van der Waals surface area contributed by atoms with Gasteiger partial charge in [0.1, 0.15) is 5.75 Å². The van der Waals surface area contributed by atoms with E-state index in [9.17, 15) is 4.79 Å². The first-order valence-corrected chi connectivity index (χ1v) is 7.80. The van der Waals surface area contributed by atoms with Crippen LogP contribution in [-0.4, -0.2) is 19.0 Å². The average molecular weight is 353 g/mol. The van der Waals surface area contributed by atoms with Gasteiger partial charge in [-0.25, -0.2) is 4.79 Å². The van der Waals surface area contributed by atoms with E-state index in [1.807, 2.05) is 12.2 Å².